The Labute approximate surface area is 126 Å². The zero-order valence-electron chi connectivity index (χ0n) is 13.4. The minimum absolute atomic E-state index is 0.0600. The first kappa shape index (κ1) is 14.4. The number of aryl methyl sites for hydroxylation is 1. The number of ether oxygens (including phenoxy) is 1. The van der Waals surface area contributed by atoms with Gasteiger partial charge in [-0.2, -0.15) is 0 Å². The van der Waals surface area contributed by atoms with Crippen LogP contribution >= 0.6 is 0 Å². The van der Waals surface area contributed by atoms with Crippen LogP contribution in [0.5, 0.6) is 5.88 Å². The van der Waals surface area contributed by atoms with Crippen LogP contribution in [-0.4, -0.2) is 16.9 Å². The first-order valence-corrected chi connectivity index (χ1v) is 7.74. The molecule has 4 heteroatoms. The number of hydrogen-bond donors (Lipinski definition) is 2. The number of nitrogen functional groups attached to an aromatic ring is 1. The Kier molecular flexibility index (Phi) is 3.05. The van der Waals surface area contributed by atoms with Crippen molar-refractivity contribution in [3.05, 3.63) is 23.4 Å². The smallest absolute Gasteiger partial charge is 0.214 e. The molecule has 2 aliphatic carbocycles. The highest BCUT2D eigenvalue weighted by Gasteiger charge is 2.62. The summed E-state index contributed by atoms with van der Waals surface area (Å²) in [6.07, 6.45) is 3.85. The summed E-state index contributed by atoms with van der Waals surface area (Å²) in [6, 6.07) is 3.61. The van der Waals surface area contributed by atoms with Crippen molar-refractivity contribution in [2.45, 2.75) is 53.1 Å². The van der Waals surface area contributed by atoms with Crippen LogP contribution in [0.4, 0.5) is 0 Å². The van der Waals surface area contributed by atoms with Crippen molar-refractivity contribution < 1.29 is 4.74 Å². The van der Waals surface area contributed by atoms with Gasteiger partial charge in [0.05, 0.1) is 0 Å². The van der Waals surface area contributed by atoms with E-state index in [0.717, 1.165) is 18.0 Å². The maximum Gasteiger partial charge on any atom is 0.214 e. The molecule has 0 aromatic carbocycles. The van der Waals surface area contributed by atoms with Gasteiger partial charge in [-0.25, -0.2) is 4.98 Å². The fourth-order valence-corrected chi connectivity index (χ4v) is 4.31. The molecule has 2 fully saturated rings. The van der Waals surface area contributed by atoms with E-state index >= 15 is 0 Å². The van der Waals surface area contributed by atoms with E-state index in [1.165, 1.54) is 12.8 Å². The van der Waals surface area contributed by atoms with Crippen molar-refractivity contribution in [2.24, 2.45) is 22.5 Å². The zero-order chi connectivity index (χ0) is 15.4. The molecule has 1 heterocycles. The minimum Gasteiger partial charge on any atom is -0.474 e. The van der Waals surface area contributed by atoms with Gasteiger partial charge in [-0.3, -0.25) is 5.41 Å². The molecule has 3 N–H and O–H groups in total. The van der Waals surface area contributed by atoms with E-state index in [1.807, 2.05) is 13.0 Å². The Morgan fingerprint density at radius 2 is 2.10 bits per heavy atom. The topological polar surface area (TPSA) is 72.0 Å². The number of amidine groups is 1. The Morgan fingerprint density at radius 1 is 1.38 bits per heavy atom. The molecule has 3 unspecified atom stereocenters. The van der Waals surface area contributed by atoms with Gasteiger partial charge in [0.15, 0.2) is 0 Å². The fraction of sp³-hybridized carbons (Fsp3) is 0.647. The standard InChI is InChI=1S/C17H25N3O/c1-10-7-11(15(18)19)8-14(20-10)21-13-9-12-5-6-17(13,4)16(12,2)3/h7-8,12-13H,5-6,9H2,1-4H3,(H3,18,19). The summed E-state index contributed by atoms with van der Waals surface area (Å²) in [6.45, 7) is 9.01. The highest BCUT2D eigenvalue weighted by molar-refractivity contribution is 5.95. The lowest BCUT2D eigenvalue weighted by Crippen LogP contribution is -2.39. The lowest BCUT2D eigenvalue weighted by molar-refractivity contribution is 0.0272. The van der Waals surface area contributed by atoms with Gasteiger partial charge in [-0.15, -0.1) is 0 Å². The molecule has 0 amide bonds. The van der Waals surface area contributed by atoms with Crippen molar-refractivity contribution in [2.75, 3.05) is 0 Å². The van der Waals surface area contributed by atoms with E-state index in [1.54, 1.807) is 6.07 Å². The number of nitrogens with one attached hydrogen (secondary N) is 1. The molecule has 0 spiro atoms. The number of aromatic nitrogens is 1. The average molecular weight is 287 g/mol. The summed E-state index contributed by atoms with van der Waals surface area (Å²) >= 11 is 0. The molecule has 1 aromatic rings. The second kappa shape index (κ2) is 4.46. The normalized spacial score (nSPS) is 33.1. The molecule has 2 aliphatic rings. The minimum atomic E-state index is 0.0600. The summed E-state index contributed by atoms with van der Waals surface area (Å²) < 4.78 is 6.26. The molecule has 114 valence electrons. The van der Waals surface area contributed by atoms with E-state index in [2.05, 4.69) is 25.8 Å². The number of fused-ring (bicyclic) bond motifs is 2. The van der Waals surface area contributed by atoms with Gasteiger partial charge in [-0.1, -0.05) is 20.8 Å². The summed E-state index contributed by atoms with van der Waals surface area (Å²) in [7, 11) is 0. The molecule has 3 atom stereocenters. The molecule has 2 bridgehead atoms. The third kappa shape index (κ3) is 2.03. The highest BCUT2D eigenvalue weighted by Crippen LogP contribution is 2.66. The van der Waals surface area contributed by atoms with Crippen LogP contribution in [0.15, 0.2) is 12.1 Å². The molecular formula is C17H25N3O. The number of pyridine rings is 1. The quantitative estimate of drug-likeness (QED) is 0.662. The van der Waals surface area contributed by atoms with Crippen molar-refractivity contribution in [3.63, 3.8) is 0 Å². The predicted molar refractivity (Wildman–Crippen MR) is 83.6 cm³/mol. The van der Waals surface area contributed by atoms with Gasteiger partial charge in [0, 0.05) is 22.7 Å². The molecule has 21 heavy (non-hydrogen) atoms. The van der Waals surface area contributed by atoms with Crippen LogP contribution in [-0.2, 0) is 0 Å². The van der Waals surface area contributed by atoms with E-state index in [9.17, 15) is 0 Å². The van der Waals surface area contributed by atoms with Crippen LogP contribution in [0.3, 0.4) is 0 Å². The van der Waals surface area contributed by atoms with E-state index in [-0.39, 0.29) is 17.4 Å². The number of hydrogen-bond acceptors (Lipinski definition) is 3. The van der Waals surface area contributed by atoms with Gasteiger partial charge in [0.25, 0.3) is 0 Å². The van der Waals surface area contributed by atoms with Crippen LogP contribution < -0.4 is 10.5 Å². The predicted octanol–water partition coefficient (Wildman–Crippen LogP) is 3.27. The summed E-state index contributed by atoms with van der Waals surface area (Å²) in [5.74, 6) is 1.41. The maximum atomic E-state index is 7.59. The van der Waals surface area contributed by atoms with Crippen LogP contribution in [0.1, 0.15) is 51.3 Å². The summed E-state index contributed by atoms with van der Waals surface area (Å²) in [4.78, 5) is 4.47. The Balaban J connectivity index is 1.87. The fourth-order valence-electron chi connectivity index (χ4n) is 4.31. The van der Waals surface area contributed by atoms with Crippen molar-refractivity contribution in [1.82, 2.24) is 4.98 Å². The molecule has 3 rings (SSSR count). The largest absolute Gasteiger partial charge is 0.474 e. The van der Waals surface area contributed by atoms with Gasteiger partial charge in [0.2, 0.25) is 5.88 Å². The first-order chi connectivity index (χ1) is 9.74. The number of nitrogens with zero attached hydrogens (tertiary/aromatic N) is 1. The second-order valence-corrected chi connectivity index (χ2v) is 7.47. The molecule has 4 nitrogen and oxygen atoms in total. The van der Waals surface area contributed by atoms with Crippen molar-refractivity contribution >= 4 is 5.84 Å². The lowest BCUT2D eigenvalue weighted by Gasteiger charge is -2.38. The van der Waals surface area contributed by atoms with Crippen molar-refractivity contribution in [3.8, 4) is 5.88 Å². The second-order valence-electron chi connectivity index (χ2n) is 7.47. The Bertz CT molecular complexity index is 596. The third-order valence-corrected chi connectivity index (χ3v) is 6.22. The van der Waals surface area contributed by atoms with Crippen molar-refractivity contribution in [1.29, 1.82) is 5.41 Å². The van der Waals surface area contributed by atoms with E-state index in [0.29, 0.717) is 16.9 Å². The van der Waals surface area contributed by atoms with E-state index < -0.39 is 0 Å². The van der Waals surface area contributed by atoms with Gasteiger partial charge >= 0.3 is 0 Å². The maximum absolute atomic E-state index is 7.59. The SMILES string of the molecule is Cc1cc(C(=N)N)cc(OC2CC3CCC2(C)C3(C)C)n1. The van der Waals surface area contributed by atoms with Crippen LogP contribution in [0, 0.1) is 29.1 Å². The molecule has 0 aliphatic heterocycles. The average Bonchev–Trinajstić information content (AvgIpc) is 2.71. The lowest BCUT2D eigenvalue weighted by atomic mass is 9.70. The zero-order valence-corrected chi connectivity index (χ0v) is 13.4. The summed E-state index contributed by atoms with van der Waals surface area (Å²) in [5.41, 5.74) is 7.64. The van der Waals surface area contributed by atoms with Crippen LogP contribution in [0.2, 0.25) is 0 Å². The molecule has 0 radical (unpaired) electrons. The molecular weight excluding hydrogens is 262 g/mol. The molecule has 2 saturated carbocycles. The number of rotatable bonds is 3. The molecule has 0 saturated heterocycles. The monoisotopic (exact) mass is 287 g/mol. The van der Waals surface area contributed by atoms with Gasteiger partial charge in [-0.05, 0) is 43.6 Å². The molecule has 1 aromatic heterocycles. The first-order valence-electron chi connectivity index (χ1n) is 7.74. The highest BCUT2D eigenvalue weighted by atomic mass is 16.5. The van der Waals surface area contributed by atoms with Gasteiger partial charge < -0.3 is 10.5 Å². The number of nitrogens with two attached hydrogens (primary N) is 1. The Morgan fingerprint density at radius 3 is 2.62 bits per heavy atom. The van der Waals surface area contributed by atoms with E-state index in [4.69, 9.17) is 15.9 Å². The van der Waals surface area contributed by atoms with Crippen LogP contribution in [0.25, 0.3) is 0 Å². The third-order valence-electron chi connectivity index (χ3n) is 6.22. The summed E-state index contributed by atoms with van der Waals surface area (Å²) in [5, 5.41) is 7.59. The Hall–Kier alpha value is -1.58. The van der Waals surface area contributed by atoms with Gasteiger partial charge in [0.1, 0.15) is 11.9 Å².